The summed E-state index contributed by atoms with van der Waals surface area (Å²) in [6.45, 7) is 2.10. The fraction of sp³-hybridized carbons (Fsp3) is 0.0476. The van der Waals surface area contributed by atoms with E-state index in [9.17, 15) is 0 Å². The van der Waals surface area contributed by atoms with Crippen molar-refractivity contribution >= 4 is 10.9 Å². The molecule has 0 amide bonds. The van der Waals surface area contributed by atoms with Crippen molar-refractivity contribution in [2.45, 2.75) is 6.92 Å². The van der Waals surface area contributed by atoms with Gasteiger partial charge in [-0.05, 0) is 42.8 Å². The summed E-state index contributed by atoms with van der Waals surface area (Å²) in [5.41, 5.74) is 6.71. The molecule has 0 unspecified atom stereocenters. The molecule has 2 aromatic carbocycles. The maximum absolute atomic E-state index is 4.63. The molecule has 0 aliphatic heterocycles. The van der Waals surface area contributed by atoms with Crippen molar-refractivity contribution in [3.05, 3.63) is 84.7 Å². The molecule has 2 heterocycles. The predicted octanol–water partition coefficient (Wildman–Crippen LogP) is 5.27. The molecule has 2 nitrogen and oxygen atoms in total. The molecule has 0 aliphatic carbocycles. The largest absolute Gasteiger partial charge is 0.256 e. The van der Waals surface area contributed by atoms with Crippen LogP contribution < -0.4 is 0 Å². The maximum Gasteiger partial charge on any atom is 0.0780 e. The lowest BCUT2D eigenvalue weighted by Gasteiger charge is -2.10. The first kappa shape index (κ1) is 13.6. The summed E-state index contributed by atoms with van der Waals surface area (Å²) in [6, 6.07) is 23.0. The minimum atomic E-state index is 1.01. The van der Waals surface area contributed by atoms with Gasteiger partial charge in [-0.2, -0.15) is 0 Å². The number of hydrogen-bond acceptors (Lipinski definition) is 2. The summed E-state index contributed by atoms with van der Waals surface area (Å²) in [4.78, 5) is 9.02. The molecule has 110 valence electrons. The van der Waals surface area contributed by atoms with E-state index in [1.165, 1.54) is 5.56 Å². The van der Waals surface area contributed by atoms with Gasteiger partial charge in [-0.3, -0.25) is 9.97 Å². The number of aryl methyl sites for hydroxylation is 1. The Bertz CT molecular complexity index is 989. The molecule has 2 aromatic heterocycles. The molecule has 0 saturated heterocycles. The van der Waals surface area contributed by atoms with Gasteiger partial charge in [0, 0.05) is 28.9 Å². The van der Waals surface area contributed by atoms with Crippen LogP contribution in [0.5, 0.6) is 0 Å². The SMILES string of the molecule is Cc1cccc(-c2ncccc2-c2ccc3ncccc3c2)c1. The van der Waals surface area contributed by atoms with Crippen LogP contribution in [0.3, 0.4) is 0 Å². The summed E-state index contributed by atoms with van der Waals surface area (Å²) in [5.74, 6) is 0. The molecule has 2 heteroatoms. The van der Waals surface area contributed by atoms with E-state index < -0.39 is 0 Å². The third kappa shape index (κ3) is 2.59. The molecule has 0 spiro atoms. The topological polar surface area (TPSA) is 25.8 Å². The van der Waals surface area contributed by atoms with Crippen molar-refractivity contribution in [3.63, 3.8) is 0 Å². The average molecular weight is 296 g/mol. The lowest BCUT2D eigenvalue weighted by Crippen LogP contribution is -1.90. The number of benzene rings is 2. The average Bonchev–Trinajstić information content (AvgIpc) is 2.61. The van der Waals surface area contributed by atoms with Crippen LogP contribution in [0.25, 0.3) is 33.3 Å². The first-order valence-electron chi connectivity index (χ1n) is 7.68. The zero-order valence-corrected chi connectivity index (χ0v) is 12.9. The predicted molar refractivity (Wildman–Crippen MR) is 95.1 cm³/mol. The van der Waals surface area contributed by atoms with Crippen molar-refractivity contribution in [1.29, 1.82) is 0 Å². The second-order valence-electron chi connectivity index (χ2n) is 5.68. The molecule has 0 radical (unpaired) electrons. The highest BCUT2D eigenvalue weighted by Crippen LogP contribution is 2.31. The molecule has 0 aliphatic rings. The van der Waals surface area contributed by atoms with Crippen LogP contribution in [0, 0.1) is 6.92 Å². The second kappa shape index (κ2) is 5.65. The van der Waals surface area contributed by atoms with E-state index in [-0.39, 0.29) is 0 Å². The van der Waals surface area contributed by atoms with Crippen molar-refractivity contribution in [2.24, 2.45) is 0 Å². The van der Waals surface area contributed by atoms with Gasteiger partial charge in [0.2, 0.25) is 0 Å². The summed E-state index contributed by atoms with van der Waals surface area (Å²) in [5, 5.41) is 1.14. The van der Waals surface area contributed by atoms with Gasteiger partial charge in [0.25, 0.3) is 0 Å². The zero-order valence-electron chi connectivity index (χ0n) is 12.9. The molecule has 4 rings (SSSR count). The number of rotatable bonds is 2. The quantitative estimate of drug-likeness (QED) is 0.503. The number of aromatic nitrogens is 2. The zero-order chi connectivity index (χ0) is 15.6. The Morgan fingerprint density at radius 3 is 2.48 bits per heavy atom. The minimum absolute atomic E-state index is 1.01. The lowest BCUT2D eigenvalue weighted by molar-refractivity contribution is 1.32. The first-order chi connectivity index (χ1) is 11.3. The fourth-order valence-electron chi connectivity index (χ4n) is 2.90. The summed E-state index contributed by atoms with van der Waals surface area (Å²) in [6.07, 6.45) is 3.67. The van der Waals surface area contributed by atoms with E-state index in [1.807, 2.05) is 24.5 Å². The molecule has 0 saturated carbocycles. The van der Waals surface area contributed by atoms with Gasteiger partial charge in [-0.25, -0.2) is 0 Å². The van der Waals surface area contributed by atoms with Crippen LogP contribution in [-0.2, 0) is 0 Å². The Balaban J connectivity index is 1.91. The summed E-state index contributed by atoms with van der Waals surface area (Å²) < 4.78 is 0. The van der Waals surface area contributed by atoms with E-state index in [1.54, 1.807) is 0 Å². The normalized spacial score (nSPS) is 10.8. The van der Waals surface area contributed by atoms with Gasteiger partial charge in [-0.15, -0.1) is 0 Å². The van der Waals surface area contributed by atoms with Gasteiger partial charge < -0.3 is 0 Å². The van der Waals surface area contributed by atoms with Crippen molar-refractivity contribution in [1.82, 2.24) is 9.97 Å². The molecule has 4 aromatic rings. The van der Waals surface area contributed by atoms with Crippen LogP contribution in [-0.4, -0.2) is 9.97 Å². The molecule has 0 atom stereocenters. The number of hydrogen-bond donors (Lipinski definition) is 0. The highest BCUT2D eigenvalue weighted by Gasteiger charge is 2.09. The Morgan fingerprint density at radius 2 is 1.57 bits per heavy atom. The number of fused-ring (bicyclic) bond motifs is 1. The van der Waals surface area contributed by atoms with E-state index >= 15 is 0 Å². The highest BCUT2D eigenvalue weighted by molar-refractivity contribution is 5.88. The van der Waals surface area contributed by atoms with Crippen LogP contribution >= 0.6 is 0 Å². The smallest absolute Gasteiger partial charge is 0.0780 e. The Kier molecular flexibility index (Phi) is 3.35. The van der Waals surface area contributed by atoms with Gasteiger partial charge in [0.1, 0.15) is 0 Å². The molecule has 0 N–H and O–H groups in total. The Labute approximate surface area is 135 Å². The van der Waals surface area contributed by atoms with E-state index in [4.69, 9.17) is 0 Å². The molecular weight excluding hydrogens is 280 g/mol. The standard InChI is InChI=1S/C21H16N2/c1-15-5-2-6-18(13-15)21-19(8-4-12-23-21)16-9-10-20-17(14-16)7-3-11-22-20/h2-14H,1H3. The van der Waals surface area contributed by atoms with Crippen molar-refractivity contribution < 1.29 is 0 Å². The third-order valence-corrected chi connectivity index (χ3v) is 4.01. The molecule has 23 heavy (non-hydrogen) atoms. The molecule has 0 fully saturated rings. The monoisotopic (exact) mass is 296 g/mol. The minimum Gasteiger partial charge on any atom is -0.256 e. The molecule has 0 bridgehead atoms. The van der Waals surface area contributed by atoms with Crippen molar-refractivity contribution in [3.8, 4) is 22.4 Å². The second-order valence-corrected chi connectivity index (χ2v) is 5.68. The molecular formula is C21H16N2. The van der Waals surface area contributed by atoms with Gasteiger partial charge >= 0.3 is 0 Å². The van der Waals surface area contributed by atoms with Crippen molar-refractivity contribution in [2.75, 3.05) is 0 Å². The van der Waals surface area contributed by atoms with Gasteiger partial charge in [0.05, 0.1) is 11.2 Å². The third-order valence-electron chi connectivity index (χ3n) is 4.01. The van der Waals surface area contributed by atoms with Gasteiger partial charge in [-0.1, -0.05) is 42.0 Å². The fourth-order valence-corrected chi connectivity index (χ4v) is 2.90. The van der Waals surface area contributed by atoms with Crippen LogP contribution in [0.1, 0.15) is 5.56 Å². The Morgan fingerprint density at radius 1 is 0.696 bits per heavy atom. The summed E-state index contributed by atoms with van der Waals surface area (Å²) in [7, 11) is 0. The highest BCUT2D eigenvalue weighted by atomic mass is 14.7. The van der Waals surface area contributed by atoms with E-state index in [0.717, 1.165) is 33.3 Å². The van der Waals surface area contributed by atoms with Crippen LogP contribution in [0.15, 0.2) is 79.1 Å². The van der Waals surface area contributed by atoms with Crippen LogP contribution in [0.4, 0.5) is 0 Å². The first-order valence-corrected chi connectivity index (χ1v) is 7.68. The van der Waals surface area contributed by atoms with Crippen LogP contribution in [0.2, 0.25) is 0 Å². The Hall–Kier alpha value is -3.00. The number of pyridine rings is 2. The maximum atomic E-state index is 4.63. The lowest BCUT2D eigenvalue weighted by atomic mass is 9.97. The summed E-state index contributed by atoms with van der Waals surface area (Å²) >= 11 is 0. The van der Waals surface area contributed by atoms with E-state index in [0.29, 0.717) is 0 Å². The van der Waals surface area contributed by atoms with Gasteiger partial charge in [0.15, 0.2) is 0 Å². The number of nitrogens with zero attached hydrogens (tertiary/aromatic N) is 2. The van der Waals surface area contributed by atoms with E-state index in [2.05, 4.69) is 71.5 Å².